The van der Waals surface area contributed by atoms with Crippen molar-refractivity contribution in [2.75, 3.05) is 20.6 Å². The van der Waals surface area contributed by atoms with Crippen molar-refractivity contribution in [3.05, 3.63) is 34.3 Å². The number of rotatable bonds is 3. The number of hydrogen-bond acceptors (Lipinski definition) is 2. The van der Waals surface area contributed by atoms with Gasteiger partial charge in [0.2, 0.25) is 5.91 Å². The maximum Gasteiger partial charge on any atom is 0.236 e. The predicted molar refractivity (Wildman–Crippen MR) is 69.3 cm³/mol. The minimum atomic E-state index is 0.110. The summed E-state index contributed by atoms with van der Waals surface area (Å²) in [4.78, 5) is 13.1. The molecule has 0 saturated heterocycles. The Hall–Kier alpha value is -1.06. The van der Waals surface area contributed by atoms with E-state index in [0.717, 1.165) is 17.9 Å². The molecule has 0 saturated carbocycles. The van der Waals surface area contributed by atoms with E-state index in [-0.39, 0.29) is 5.91 Å². The molecule has 4 heteroatoms. The fraction of sp³-hybridized carbons (Fsp3) is 0.462. The van der Waals surface area contributed by atoms with Gasteiger partial charge in [0.1, 0.15) is 0 Å². The summed E-state index contributed by atoms with van der Waals surface area (Å²) in [6, 6.07) is 6.38. The Morgan fingerprint density at radius 1 is 1.41 bits per heavy atom. The Morgan fingerprint density at radius 2 is 2.12 bits per heavy atom. The van der Waals surface area contributed by atoms with Gasteiger partial charge in [-0.1, -0.05) is 17.7 Å². The zero-order valence-electron chi connectivity index (χ0n) is 10.2. The molecular formula is C13H17ClN2O. The highest BCUT2D eigenvalue weighted by molar-refractivity contribution is 6.30. The smallest absolute Gasteiger partial charge is 0.236 e. The van der Waals surface area contributed by atoms with Crippen LogP contribution in [-0.2, 0) is 17.6 Å². The van der Waals surface area contributed by atoms with Gasteiger partial charge in [0.25, 0.3) is 0 Å². The second-order valence-corrected chi connectivity index (χ2v) is 5.12. The lowest BCUT2D eigenvalue weighted by Gasteiger charge is -2.14. The van der Waals surface area contributed by atoms with Crippen LogP contribution in [0.3, 0.4) is 0 Å². The molecule has 0 radical (unpaired) electrons. The molecule has 1 aromatic rings. The molecule has 1 atom stereocenters. The number of halogens is 1. The van der Waals surface area contributed by atoms with Gasteiger partial charge in [-0.05, 0) is 36.1 Å². The topological polar surface area (TPSA) is 32.3 Å². The van der Waals surface area contributed by atoms with Crippen LogP contribution in [0.15, 0.2) is 18.2 Å². The van der Waals surface area contributed by atoms with E-state index in [1.807, 2.05) is 12.1 Å². The van der Waals surface area contributed by atoms with Gasteiger partial charge >= 0.3 is 0 Å². The van der Waals surface area contributed by atoms with E-state index in [9.17, 15) is 4.79 Å². The Morgan fingerprint density at radius 3 is 2.82 bits per heavy atom. The summed E-state index contributed by atoms with van der Waals surface area (Å²) in [5.41, 5.74) is 2.64. The quantitative estimate of drug-likeness (QED) is 0.884. The van der Waals surface area contributed by atoms with Gasteiger partial charge in [0.05, 0.1) is 6.54 Å². The van der Waals surface area contributed by atoms with Crippen molar-refractivity contribution in [2.24, 2.45) is 0 Å². The Bertz CT molecular complexity index is 431. The van der Waals surface area contributed by atoms with Crippen molar-refractivity contribution in [2.45, 2.75) is 18.9 Å². The molecule has 0 heterocycles. The van der Waals surface area contributed by atoms with Crippen LogP contribution in [0.4, 0.5) is 0 Å². The fourth-order valence-corrected chi connectivity index (χ4v) is 2.32. The number of nitrogens with zero attached hydrogens (tertiary/aromatic N) is 1. The highest BCUT2D eigenvalue weighted by Gasteiger charge is 2.21. The Balaban J connectivity index is 1.90. The second-order valence-electron chi connectivity index (χ2n) is 4.69. The summed E-state index contributed by atoms with van der Waals surface area (Å²) < 4.78 is 0. The third-order valence-corrected chi connectivity index (χ3v) is 3.38. The standard InChI is InChI=1S/C13H17ClN2O/c1-16(2)13(17)8-15-12-6-9-3-4-11(14)5-10(9)7-12/h3-5,12,15H,6-8H2,1-2H3. The monoisotopic (exact) mass is 252 g/mol. The van der Waals surface area contributed by atoms with E-state index in [0.29, 0.717) is 12.6 Å². The molecule has 3 nitrogen and oxygen atoms in total. The van der Waals surface area contributed by atoms with Gasteiger partial charge in [-0.3, -0.25) is 4.79 Å². The zero-order chi connectivity index (χ0) is 12.4. The molecule has 0 aliphatic heterocycles. The van der Waals surface area contributed by atoms with Crippen LogP contribution in [0.2, 0.25) is 5.02 Å². The van der Waals surface area contributed by atoms with Crippen molar-refractivity contribution >= 4 is 17.5 Å². The highest BCUT2D eigenvalue weighted by atomic mass is 35.5. The zero-order valence-corrected chi connectivity index (χ0v) is 10.9. The first-order chi connectivity index (χ1) is 8.06. The number of carbonyl (C=O) groups excluding carboxylic acids is 1. The number of likely N-dealkylation sites (N-methyl/N-ethyl adjacent to an activating group) is 1. The molecule has 1 N–H and O–H groups in total. The van der Waals surface area contributed by atoms with Crippen LogP contribution < -0.4 is 5.32 Å². The Kier molecular flexibility index (Phi) is 3.69. The highest BCUT2D eigenvalue weighted by Crippen LogP contribution is 2.25. The number of carbonyl (C=O) groups is 1. The summed E-state index contributed by atoms with van der Waals surface area (Å²) >= 11 is 5.96. The number of benzene rings is 1. The lowest BCUT2D eigenvalue weighted by molar-refractivity contribution is -0.127. The summed E-state index contributed by atoms with van der Waals surface area (Å²) in [6.07, 6.45) is 1.93. The molecule has 1 aliphatic rings. The molecule has 1 amide bonds. The third kappa shape index (κ3) is 2.99. The SMILES string of the molecule is CN(C)C(=O)CNC1Cc2ccc(Cl)cc2C1. The van der Waals surface area contributed by atoms with Crippen molar-refractivity contribution in [3.8, 4) is 0 Å². The van der Waals surface area contributed by atoms with E-state index >= 15 is 0 Å². The summed E-state index contributed by atoms with van der Waals surface area (Å²) in [5.74, 6) is 0.110. The molecular weight excluding hydrogens is 236 g/mol. The van der Waals surface area contributed by atoms with Crippen LogP contribution in [0.25, 0.3) is 0 Å². The first-order valence-electron chi connectivity index (χ1n) is 5.77. The normalized spacial score (nSPS) is 17.9. The molecule has 0 spiro atoms. The molecule has 0 fully saturated rings. The van der Waals surface area contributed by atoms with E-state index in [4.69, 9.17) is 11.6 Å². The lowest BCUT2D eigenvalue weighted by Crippen LogP contribution is -2.39. The van der Waals surface area contributed by atoms with E-state index in [1.165, 1.54) is 11.1 Å². The maximum atomic E-state index is 11.5. The van der Waals surface area contributed by atoms with E-state index in [1.54, 1.807) is 19.0 Å². The minimum Gasteiger partial charge on any atom is -0.348 e. The summed E-state index contributed by atoms with van der Waals surface area (Å²) in [5, 5.41) is 4.08. The predicted octanol–water partition coefficient (Wildman–Crippen LogP) is 1.49. The summed E-state index contributed by atoms with van der Waals surface area (Å²) in [6.45, 7) is 0.402. The van der Waals surface area contributed by atoms with Crippen molar-refractivity contribution in [3.63, 3.8) is 0 Å². The van der Waals surface area contributed by atoms with Crippen LogP contribution in [-0.4, -0.2) is 37.5 Å². The van der Waals surface area contributed by atoms with Crippen LogP contribution in [0.1, 0.15) is 11.1 Å². The van der Waals surface area contributed by atoms with Crippen LogP contribution in [0, 0.1) is 0 Å². The average molecular weight is 253 g/mol. The lowest BCUT2D eigenvalue weighted by atomic mass is 10.1. The van der Waals surface area contributed by atoms with Gasteiger partial charge in [0, 0.05) is 25.2 Å². The van der Waals surface area contributed by atoms with Gasteiger partial charge in [-0.25, -0.2) is 0 Å². The molecule has 0 aromatic heterocycles. The number of fused-ring (bicyclic) bond motifs is 1. The molecule has 1 aromatic carbocycles. The number of nitrogens with one attached hydrogen (secondary N) is 1. The maximum absolute atomic E-state index is 11.5. The molecule has 92 valence electrons. The summed E-state index contributed by atoms with van der Waals surface area (Å²) in [7, 11) is 3.54. The van der Waals surface area contributed by atoms with Crippen molar-refractivity contribution in [1.29, 1.82) is 0 Å². The van der Waals surface area contributed by atoms with Gasteiger partial charge < -0.3 is 10.2 Å². The third-order valence-electron chi connectivity index (χ3n) is 3.14. The number of hydrogen-bond donors (Lipinski definition) is 1. The largest absolute Gasteiger partial charge is 0.348 e. The van der Waals surface area contributed by atoms with Gasteiger partial charge in [-0.2, -0.15) is 0 Å². The van der Waals surface area contributed by atoms with Crippen LogP contribution >= 0.6 is 11.6 Å². The molecule has 2 rings (SSSR count). The molecule has 1 unspecified atom stereocenters. The first-order valence-corrected chi connectivity index (χ1v) is 6.15. The van der Waals surface area contributed by atoms with Gasteiger partial charge in [-0.15, -0.1) is 0 Å². The first kappa shape index (κ1) is 12.4. The van der Waals surface area contributed by atoms with E-state index < -0.39 is 0 Å². The second kappa shape index (κ2) is 5.07. The van der Waals surface area contributed by atoms with Gasteiger partial charge in [0.15, 0.2) is 0 Å². The van der Waals surface area contributed by atoms with E-state index in [2.05, 4.69) is 11.4 Å². The number of amides is 1. The van der Waals surface area contributed by atoms with Crippen molar-refractivity contribution < 1.29 is 4.79 Å². The fourth-order valence-electron chi connectivity index (χ4n) is 2.12. The Labute approximate surface area is 107 Å². The molecule has 0 bridgehead atoms. The average Bonchev–Trinajstić information content (AvgIpc) is 2.67. The minimum absolute atomic E-state index is 0.110. The molecule has 1 aliphatic carbocycles. The van der Waals surface area contributed by atoms with Crippen molar-refractivity contribution in [1.82, 2.24) is 10.2 Å². The molecule has 17 heavy (non-hydrogen) atoms. The van der Waals surface area contributed by atoms with Crippen LogP contribution in [0.5, 0.6) is 0 Å².